The summed E-state index contributed by atoms with van der Waals surface area (Å²) >= 11 is 0. The number of nitrogens with zero attached hydrogens (tertiary/aromatic N) is 5. The number of H-pyrrole nitrogens is 1. The third-order valence-electron chi connectivity index (χ3n) is 5.80. The van der Waals surface area contributed by atoms with Crippen molar-refractivity contribution >= 4 is 22.8 Å². The number of rotatable bonds is 6. The Morgan fingerprint density at radius 2 is 2.03 bits per heavy atom. The second-order valence-electron chi connectivity index (χ2n) is 7.79. The molecule has 1 fully saturated rings. The number of nitrogens with one attached hydrogen (secondary N) is 2. The van der Waals surface area contributed by atoms with Crippen LogP contribution in [0.3, 0.4) is 0 Å². The second kappa shape index (κ2) is 8.84. The standard InChI is InChI=1S/C21H27N7O3/c1-3-9-27-18-16(20(30)25-21(27)31)12-14(13-22-18)19(29)24-17-5-8-23-28(17)15-6-10-26(4-2)11-7-15/h5,8,12-13,15H,3-4,6-7,9-11H2,1-2H3,(H,24,29)(H,25,30,31). The van der Waals surface area contributed by atoms with E-state index in [1.165, 1.54) is 16.8 Å². The lowest BCUT2D eigenvalue weighted by molar-refractivity contribution is 0.102. The van der Waals surface area contributed by atoms with Gasteiger partial charge < -0.3 is 10.2 Å². The normalized spacial score (nSPS) is 15.4. The number of aryl methyl sites for hydroxylation is 1. The first-order valence-corrected chi connectivity index (χ1v) is 10.7. The van der Waals surface area contributed by atoms with Crippen molar-refractivity contribution in [1.29, 1.82) is 0 Å². The fourth-order valence-corrected chi connectivity index (χ4v) is 4.10. The molecule has 0 aromatic carbocycles. The van der Waals surface area contributed by atoms with Gasteiger partial charge in [0.1, 0.15) is 11.5 Å². The van der Waals surface area contributed by atoms with Gasteiger partial charge >= 0.3 is 5.69 Å². The molecule has 1 aliphatic rings. The van der Waals surface area contributed by atoms with Gasteiger partial charge in [0.25, 0.3) is 11.5 Å². The number of piperidine rings is 1. The highest BCUT2D eigenvalue weighted by Gasteiger charge is 2.23. The van der Waals surface area contributed by atoms with Crippen molar-refractivity contribution in [2.24, 2.45) is 0 Å². The number of aromatic nitrogens is 5. The molecule has 4 heterocycles. The van der Waals surface area contributed by atoms with E-state index in [2.05, 4.69) is 32.2 Å². The molecule has 164 valence electrons. The van der Waals surface area contributed by atoms with Gasteiger partial charge in [0.15, 0.2) is 0 Å². The monoisotopic (exact) mass is 425 g/mol. The number of carbonyl (C=O) groups excluding carboxylic acids is 1. The zero-order valence-electron chi connectivity index (χ0n) is 17.8. The van der Waals surface area contributed by atoms with Crippen LogP contribution < -0.4 is 16.6 Å². The maximum atomic E-state index is 12.9. The van der Waals surface area contributed by atoms with Gasteiger partial charge in [-0.1, -0.05) is 13.8 Å². The molecular weight excluding hydrogens is 398 g/mol. The smallest absolute Gasteiger partial charge is 0.307 e. The summed E-state index contributed by atoms with van der Waals surface area (Å²) < 4.78 is 3.28. The largest absolute Gasteiger partial charge is 0.329 e. The summed E-state index contributed by atoms with van der Waals surface area (Å²) in [4.78, 5) is 46.2. The van der Waals surface area contributed by atoms with Crippen LogP contribution in [0.2, 0.25) is 0 Å². The van der Waals surface area contributed by atoms with E-state index in [9.17, 15) is 14.4 Å². The number of carbonyl (C=O) groups is 1. The van der Waals surface area contributed by atoms with Crippen molar-refractivity contribution in [3.05, 3.63) is 50.9 Å². The van der Waals surface area contributed by atoms with Gasteiger partial charge in [-0.15, -0.1) is 0 Å². The molecule has 0 bridgehead atoms. The minimum absolute atomic E-state index is 0.209. The molecule has 0 saturated carbocycles. The number of hydrogen-bond donors (Lipinski definition) is 2. The van der Waals surface area contributed by atoms with Gasteiger partial charge in [-0.2, -0.15) is 5.10 Å². The molecule has 3 aromatic rings. The Morgan fingerprint density at radius 1 is 1.26 bits per heavy atom. The molecule has 0 atom stereocenters. The average Bonchev–Trinajstić information content (AvgIpc) is 3.24. The van der Waals surface area contributed by atoms with Gasteiger partial charge in [-0.05, 0) is 31.9 Å². The number of hydrogen-bond acceptors (Lipinski definition) is 6. The molecule has 0 radical (unpaired) electrons. The molecule has 4 rings (SSSR count). The molecule has 1 amide bonds. The minimum Gasteiger partial charge on any atom is -0.307 e. The van der Waals surface area contributed by atoms with Crippen molar-refractivity contribution in [3.63, 3.8) is 0 Å². The fourth-order valence-electron chi connectivity index (χ4n) is 4.10. The van der Waals surface area contributed by atoms with E-state index in [4.69, 9.17) is 0 Å². The summed E-state index contributed by atoms with van der Waals surface area (Å²) in [5.74, 6) is 0.236. The molecule has 10 nitrogen and oxygen atoms in total. The Kier molecular flexibility index (Phi) is 5.99. The summed E-state index contributed by atoms with van der Waals surface area (Å²) in [6, 6.07) is 3.47. The Morgan fingerprint density at radius 3 is 2.74 bits per heavy atom. The van der Waals surface area contributed by atoms with E-state index in [0.29, 0.717) is 18.8 Å². The van der Waals surface area contributed by atoms with Crippen molar-refractivity contribution in [1.82, 2.24) is 29.2 Å². The maximum Gasteiger partial charge on any atom is 0.329 e. The molecule has 10 heteroatoms. The lowest BCUT2D eigenvalue weighted by Gasteiger charge is -2.31. The van der Waals surface area contributed by atoms with E-state index in [0.717, 1.165) is 32.5 Å². The van der Waals surface area contributed by atoms with E-state index < -0.39 is 11.2 Å². The summed E-state index contributed by atoms with van der Waals surface area (Å²) in [6.07, 6.45) is 5.73. The number of fused-ring (bicyclic) bond motifs is 1. The molecule has 31 heavy (non-hydrogen) atoms. The minimum atomic E-state index is -0.553. The topological polar surface area (TPSA) is 118 Å². The molecule has 0 unspecified atom stereocenters. The van der Waals surface area contributed by atoms with Crippen molar-refractivity contribution in [2.75, 3.05) is 25.0 Å². The second-order valence-corrected chi connectivity index (χ2v) is 7.79. The van der Waals surface area contributed by atoms with Crippen LogP contribution in [0.15, 0.2) is 34.1 Å². The van der Waals surface area contributed by atoms with Crippen LogP contribution >= 0.6 is 0 Å². The first-order valence-electron chi connectivity index (χ1n) is 10.7. The maximum absolute atomic E-state index is 12.9. The molecule has 1 saturated heterocycles. The SMILES string of the molecule is CCCn1c(=O)[nH]c(=O)c2cc(C(=O)Nc3ccnn3C3CCN(CC)CC3)cnc21. The van der Waals surface area contributed by atoms with E-state index in [1.54, 1.807) is 12.3 Å². The Balaban J connectivity index is 1.58. The van der Waals surface area contributed by atoms with Crippen molar-refractivity contribution in [3.8, 4) is 0 Å². The molecule has 0 spiro atoms. The Hall–Kier alpha value is -3.27. The van der Waals surface area contributed by atoms with E-state index in [1.807, 2.05) is 11.6 Å². The lowest BCUT2D eigenvalue weighted by Crippen LogP contribution is -2.35. The van der Waals surface area contributed by atoms with Crippen LogP contribution in [0.4, 0.5) is 5.82 Å². The van der Waals surface area contributed by atoms with Crippen LogP contribution in [0.5, 0.6) is 0 Å². The third-order valence-corrected chi connectivity index (χ3v) is 5.80. The Labute approximate surface area is 178 Å². The van der Waals surface area contributed by atoms with E-state index in [-0.39, 0.29) is 28.5 Å². The zero-order valence-corrected chi connectivity index (χ0v) is 17.8. The number of anilines is 1. The third kappa shape index (κ3) is 4.15. The van der Waals surface area contributed by atoms with Crippen LogP contribution in [0.1, 0.15) is 49.5 Å². The van der Waals surface area contributed by atoms with E-state index >= 15 is 0 Å². The predicted octanol–water partition coefficient (Wildman–Crippen LogP) is 1.60. The highest BCUT2D eigenvalue weighted by Crippen LogP contribution is 2.25. The lowest BCUT2D eigenvalue weighted by atomic mass is 10.1. The number of aromatic amines is 1. The molecular formula is C21H27N7O3. The van der Waals surface area contributed by atoms with Crippen LogP contribution in [0, 0.1) is 0 Å². The van der Waals surface area contributed by atoms with Gasteiger partial charge in [0, 0.05) is 31.9 Å². The van der Waals surface area contributed by atoms with Crippen LogP contribution in [-0.2, 0) is 6.54 Å². The highest BCUT2D eigenvalue weighted by molar-refractivity contribution is 6.05. The molecule has 1 aliphatic heterocycles. The van der Waals surface area contributed by atoms with Crippen LogP contribution in [0.25, 0.3) is 11.0 Å². The van der Waals surface area contributed by atoms with Gasteiger partial charge in [-0.3, -0.25) is 19.1 Å². The number of likely N-dealkylation sites (tertiary alicyclic amines) is 1. The zero-order chi connectivity index (χ0) is 22.0. The number of pyridine rings is 1. The molecule has 0 aliphatic carbocycles. The summed E-state index contributed by atoms with van der Waals surface area (Å²) in [5.41, 5.74) is -0.530. The molecule has 3 aromatic heterocycles. The summed E-state index contributed by atoms with van der Waals surface area (Å²) in [7, 11) is 0. The highest BCUT2D eigenvalue weighted by atomic mass is 16.2. The predicted molar refractivity (Wildman–Crippen MR) is 117 cm³/mol. The van der Waals surface area contributed by atoms with Gasteiger partial charge in [0.05, 0.1) is 23.2 Å². The quantitative estimate of drug-likeness (QED) is 0.619. The van der Waals surface area contributed by atoms with Gasteiger partial charge in [-0.25, -0.2) is 14.5 Å². The summed E-state index contributed by atoms with van der Waals surface area (Å²) in [5, 5.41) is 7.52. The number of amides is 1. The first kappa shape index (κ1) is 21.0. The van der Waals surface area contributed by atoms with Crippen molar-refractivity contribution in [2.45, 2.75) is 45.7 Å². The fraction of sp³-hybridized carbons (Fsp3) is 0.476. The average molecular weight is 425 g/mol. The first-order chi connectivity index (χ1) is 15.0. The Bertz CT molecular complexity index is 1200. The van der Waals surface area contributed by atoms with Crippen LogP contribution in [-0.4, -0.2) is 54.8 Å². The molecule has 2 N–H and O–H groups in total. The summed E-state index contributed by atoms with van der Waals surface area (Å²) in [6.45, 7) is 7.57. The van der Waals surface area contributed by atoms with Crippen molar-refractivity contribution < 1.29 is 4.79 Å². The van der Waals surface area contributed by atoms with Gasteiger partial charge in [0.2, 0.25) is 0 Å².